The molecule has 3 nitrogen and oxygen atoms in total. The second-order valence-electron chi connectivity index (χ2n) is 3.38. The van der Waals surface area contributed by atoms with Gasteiger partial charge in [-0.2, -0.15) is 0 Å². The van der Waals surface area contributed by atoms with E-state index < -0.39 is 0 Å². The van der Waals surface area contributed by atoms with Crippen LogP contribution in [-0.4, -0.2) is 4.98 Å². The SMILES string of the molecule is NNC(Cc1ccccn1)c1sccc1Br. The topological polar surface area (TPSA) is 50.9 Å². The number of nitrogens with two attached hydrogens (primary N) is 1. The van der Waals surface area contributed by atoms with Crippen LogP contribution in [0.2, 0.25) is 0 Å². The summed E-state index contributed by atoms with van der Waals surface area (Å²) in [5.74, 6) is 5.59. The zero-order valence-electron chi connectivity index (χ0n) is 8.56. The standard InChI is InChI=1S/C11H12BrN3S/c12-9-4-6-16-11(9)10(15-13)7-8-3-1-2-5-14-8/h1-6,10,15H,7,13H2. The van der Waals surface area contributed by atoms with Gasteiger partial charge in [-0.15, -0.1) is 11.3 Å². The van der Waals surface area contributed by atoms with Crippen LogP contribution in [0.3, 0.4) is 0 Å². The summed E-state index contributed by atoms with van der Waals surface area (Å²) in [6.45, 7) is 0. The number of nitrogens with zero attached hydrogens (tertiary/aromatic N) is 1. The predicted molar refractivity (Wildman–Crippen MR) is 70.0 cm³/mol. The van der Waals surface area contributed by atoms with Crippen molar-refractivity contribution in [3.63, 3.8) is 0 Å². The number of thiophene rings is 1. The van der Waals surface area contributed by atoms with Crippen molar-refractivity contribution < 1.29 is 0 Å². The van der Waals surface area contributed by atoms with E-state index in [-0.39, 0.29) is 6.04 Å². The molecule has 2 heterocycles. The number of pyridine rings is 1. The van der Waals surface area contributed by atoms with Crippen molar-refractivity contribution in [2.75, 3.05) is 0 Å². The Morgan fingerprint density at radius 3 is 2.88 bits per heavy atom. The highest BCUT2D eigenvalue weighted by Crippen LogP contribution is 2.30. The Balaban J connectivity index is 2.16. The molecule has 0 saturated carbocycles. The van der Waals surface area contributed by atoms with Crippen LogP contribution in [0.25, 0.3) is 0 Å². The van der Waals surface area contributed by atoms with E-state index in [0.29, 0.717) is 0 Å². The molecule has 0 aliphatic carbocycles. The van der Waals surface area contributed by atoms with Gasteiger partial charge in [0.2, 0.25) is 0 Å². The van der Waals surface area contributed by atoms with E-state index >= 15 is 0 Å². The molecular formula is C11H12BrN3S. The van der Waals surface area contributed by atoms with Crippen molar-refractivity contribution in [1.29, 1.82) is 0 Å². The summed E-state index contributed by atoms with van der Waals surface area (Å²) in [4.78, 5) is 5.50. The van der Waals surface area contributed by atoms with Crippen molar-refractivity contribution in [3.05, 3.63) is 50.9 Å². The summed E-state index contributed by atoms with van der Waals surface area (Å²) in [7, 11) is 0. The molecule has 0 bridgehead atoms. The first-order valence-electron chi connectivity index (χ1n) is 4.90. The van der Waals surface area contributed by atoms with Crippen LogP contribution in [0.4, 0.5) is 0 Å². The third-order valence-electron chi connectivity index (χ3n) is 2.30. The first kappa shape index (κ1) is 11.7. The van der Waals surface area contributed by atoms with Crippen LogP contribution in [-0.2, 0) is 6.42 Å². The van der Waals surface area contributed by atoms with Crippen LogP contribution in [0, 0.1) is 0 Å². The van der Waals surface area contributed by atoms with Crippen molar-refractivity contribution >= 4 is 27.3 Å². The van der Waals surface area contributed by atoms with Gasteiger partial charge >= 0.3 is 0 Å². The third-order valence-corrected chi connectivity index (χ3v) is 4.29. The molecule has 0 spiro atoms. The summed E-state index contributed by atoms with van der Waals surface area (Å²) < 4.78 is 1.09. The molecule has 1 atom stereocenters. The molecule has 0 saturated heterocycles. The molecule has 0 radical (unpaired) electrons. The summed E-state index contributed by atoms with van der Waals surface area (Å²) in [6, 6.07) is 8.04. The van der Waals surface area contributed by atoms with Crippen molar-refractivity contribution in [2.24, 2.45) is 5.84 Å². The highest BCUT2D eigenvalue weighted by atomic mass is 79.9. The molecule has 84 valence electrons. The fraction of sp³-hybridized carbons (Fsp3) is 0.182. The molecule has 0 aromatic carbocycles. The average molecular weight is 298 g/mol. The summed E-state index contributed by atoms with van der Waals surface area (Å²) >= 11 is 5.20. The molecule has 2 aromatic heterocycles. The van der Waals surface area contributed by atoms with E-state index in [1.54, 1.807) is 17.5 Å². The highest BCUT2D eigenvalue weighted by molar-refractivity contribution is 9.10. The molecule has 0 aliphatic rings. The van der Waals surface area contributed by atoms with Gasteiger partial charge in [-0.25, -0.2) is 0 Å². The summed E-state index contributed by atoms with van der Waals surface area (Å²) in [5, 5.41) is 2.04. The molecule has 1 unspecified atom stereocenters. The Bertz CT molecular complexity index is 444. The van der Waals surface area contributed by atoms with E-state index in [0.717, 1.165) is 16.6 Å². The lowest BCUT2D eigenvalue weighted by atomic mass is 10.1. The maximum absolute atomic E-state index is 5.59. The summed E-state index contributed by atoms with van der Waals surface area (Å²) in [5.41, 5.74) is 3.87. The largest absolute Gasteiger partial charge is 0.271 e. The lowest BCUT2D eigenvalue weighted by Crippen LogP contribution is -2.29. The number of hydrogen-bond donors (Lipinski definition) is 2. The van der Waals surface area contributed by atoms with Gasteiger partial charge < -0.3 is 0 Å². The fourth-order valence-corrected chi connectivity index (χ4v) is 3.22. The minimum Gasteiger partial charge on any atom is -0.271 e. The summed E-state index contributed by atoms with van der Waals surface area (Å²) in [6.07, 6.45) is 2.59. The van der Waals surface area contributed by atoms with Crippen LogP contribution in [0.15, 0.2) is 40.3 Å². The predicted octanol–water partition coefficient (Wildman–Crippen LogP) is 2.65. The molecule has 16 heavy (non-hydrogen) atoms. The lowest BCUT2D eigenvalue weighted by Gasteiger charge is -2.14. The second kappa shape index (κ2) is 5.54. The molecule has 2 aromatic rings. The Kier molecular flexibility index (Phi) is 4.06. The molecule has 3 N–H and O–H groups in total. The Morgan fingerprint density at radius 1 is 1.44 bits per heavy atom. The monoisotopic (exact) mass is 297 g/mol. The zero-order valence-corrected chi connectivity index (χ0v) is 11.0. The van der Waals surface area contributed by atoms with Gasteiger partial charge in [-0.3, -0.25) is 16.3 Å². The Hall–Kier alpha value is -0.750. The van der Waals surface area contributed by atoms with E-state index in [2.05, 4.69) is 26.3 Å². The van der Waals surface area contributed by atoms with E-state index in [4.69, 9.17) is 5.84 Å². The Labute approximate surface area is 107 Å². The van der Waals surface area contributed by atoms with E-state index in [1.807, 2.05) is 29.6 Å². The molecule has 0 aliphatic heterocycles. The third kappa shape index (κ3) is 2.68. The van der Waals surface area contributed by atoms with Gasteiger partial charge in [-0.1, -0.05) is 6.07 Å². The maximum atomic E-state index is 5.59. The quantitative estimate of drug-likeness (QED) is 0.674. The zero-order chi connectivity index (χ0) is 11.4. The number of nitrogens with one attached hydrogen (secondary N) is 1. The van der Waals surface area contributed by atoms with Gasteiger partial charge in [0.05, 0.1) is 6.04 Å². The smallest absolute Gasteiger partial charge is 0.0619 e. The molecular weight excluding hydrogens is 286 g/mol. The van der Waals surface area contributed by atoms with Crippen LogP contribution >= 0.6 is 27.3 Å². The van der Waals surface area contributed by atoms with E-state index in [1.165, 1.54) is 4.88 Å². The number of rotatable bonds is 4. The van der Waals surface area contributed by atoms with Gasteiger partial charge in [0, 0.05) is 27.7 Å². The average Bonchev–Trinajstić information content (AvgIpc) is 2.74. The first-order chi connectivity index (χ1) is 7.81. The minimum absolute atomic E-state index is 0.101. The maximum Gasteiger partial charge on any atom is 0.0619 e. The molecule has 5 heteroatoms. The fourth-order valence-electron chi connectivity index (χ4n) is 1.51. The normalized spacial score (nSPS) is 12.6. The molecule has 0 amide bonds. The number of hydrogen-bond acceptors (Lipinski definition) is 4. The van der Waals surface area contributed by atoms with Crippen molar-refractivity contribution in [1.82, 2.24) is 10.4 Å². The number of hydrazine groups is 1. The number of halogens is 1. The molecule has 0 fully saturated rings. The first-order valence-corrected chi connectivity index (χ1v) is 6.57. The number of aromatic nitrogens is 1. The molecule has 2 rings (SSSR count). The van der Waals surface area contributed by atoms with Gasteiger partial charge in [-0.05, 0) is 39.5 Å². The van der Waals surface area contributed by atoms with Crippen LogP contribution in [0.1, 0.15) is 16.6 Å². The van der Waals surface area contributed by atoms with Gasteiger partial charge in [0.25, 0.3) is 0 Å². The lowest BCUT2D eigenvalue weighted by molar-refractivity contribution is 0.553. The van der Waals surface area contributed by atoms with Gasteiger partial charge in [0.15, 0.2) is 0 Å². The van der Waals surface area contributed by atoms with Crippen LogP contribution in [0.5, 0.6) is 0 Å². The van der Waals surface area contributed by atoms with Gasteiger partial charge in [0.1, 0.15) is 0 Å². The van der Waals surface area contributed by atoms with Crippen molar-refractivity contribution in [3.8, 4) is 0 Å². The van der Waals surface area contributed by atoms with E-state index in [9.17, 15) is 0 Å². The second-order valence-corrected chi connectivity index (χ2v) is 5.18. The Morgan fingerprint density at radius 2 is 2.31 bits per heavy atom. The van der Waals surface area contributed by atoms with Crippen molar-refractivity contribution in [2.45, 2.75) is 12.5 Å². The highest BCUT2D eigenvalue weighted by Gasteiger charge is 2.15. The minimum atomic E-state index is 0.101. The van der Waals surface area contributed by atoms with Crippen LogP contribution < -0.4 is 11.3 Å².